The van der Waals surface area contributed by atoms with Gasteiger partial charge in [-0.1, -0.05) is 0 Å². The van der Waals surface area contributed by atoms with E-state index in [9.17, 15) is 4.79 Å². The molecule has 0 aromatic heterocycles. The molecule has 1 fully saturated rings. The Morgan fingerprint density at radius 1 is 1.67 bits per heavy atom. The summed E-state index contributed by atoms with van der Waals surface area (Å²) in [6, 6.07) is 0.305. The molecule has 1 aliphatic heterocycles. The highest BCUT2D eigenvalue weighted by Gasteiger charge is 2.33. The summed E-state index contributed by atoms with van der Waals surface area (Å²) in [7, 11) is 1.78. The molecule has 0 aromatic rings. The topological polar surface area (TPSA) is 67.6 Å². The molecule has 0 bridgehead atoms. The van der Waals surface area contributed by atoms with Gasteiger partial charge in [0, 0.05) is 25.7 Å². The summed E-state index contributed by atoms with van der Waals surface area (Å²) in [6.07, 6.45) is 2.01. The van der Waals surface area contributed by atoms with E-state index in [0.717, 1.165) is 26.1 Å². The van der Waals surface area contributed by atoms with Gasteiger partial charge in [0.25, 0.3) is 0 Å². The molecule has 0 saturated carbocycles. The van der Waals surface area contributed by atoms with Crippen molar-refractivity contribution in [3.05, 3.63) is 0 Å². The van der Waals surface area contributed by atoms with Crippen molar-refractivity contribution in [1.82, 2.24) is 10.2 Å². The van der Waals surface area contributed by atoms with Gasteiger partial charge in [0.15, 0.2) is 0 Å². The zero-order valence-electron chi connectivity index (χ0n) is 12.0. The van der Waals surface area contributed by atoms with Crippen molar-refractivity contribution in [2.45, 2.75) is 51.3 Å². The fraction of sp³-hybridized carbons (Fsp3) is 0.923. The van der Waals surface area contributed by atoms with Gasteiger partial charge >= 0.3 is 0 Å². The lowest BCUT2D eigenvalue weighted by Gasteiger charge is -2.35. The van der Waals surface area contributed by atoms with Crippen LogP contribution in [0.1, 0.15) is 33.6 Å². The second-order valence-corrected chi connectivity index (χ2v) is 5.53. The van der Waals surface area contributed by atoms with Crippen LogP contribution in [0.4, 0.5) is 0 Å². The molecule has 0 radical (unpaired) electrons. The number of carbonyl (C=O) groups is 1. The second-order valence-electron chi connectivity index (χ2n) is 5.53. The van der Waals surface area contributed by atoms with Crippen LogP contribution in [0.3, 0.4) is 0 Å². The summed E-state index contributed by atoms with van der Waals surface area (Å²) in [4.78, 5) is 13.9. The van der Waals surface area contributed by atoms with Gasteiger partial charge in [0.05, 0.1) is 11.6 Å². The van der Waals surface area contributed by atoms with Crippen LogP contribution in [0, 0.1) is 0 Å². The highest BCUT2D eigenvalue weighted by Crippen LogP contribution is 2.18. The molecule has 1 aliphatic rings. The molecular formula is C13H27N3O2. The Morgan fingerprint density at radius 2 is 2.33 bits per heavy atom. The number of carbonyl (C=O) groups excluding carboxylic acids is 1. The zero-order chi connectivity index (χ0) is 13.8. The quantitative estimate of drug-likeness (QED) is 0.745. The van der Waals surface area contributed by atoms with Crippen molar-refractivity contribution in [2.24, 2.45) is 5.73 Å². The van der Waals surface area contributed by atoms with E-state index in [0.29, 0.717) is 12.5 Å². The van der Waals surface area contributed by atoms with Gasteiger partial charge < -0.3 is 15.8 Å². The smallest absolute Gasteiger partial charge is 0.237 e. The van der Waals surface area contributed by atoms with Gasteiger partial charge in [-0.2, -0.15) is 0 Å². The van der Waals surface area contributed by atoms with Crippen LogP contribution in [0.25, 0.3) is 0 Å². The van der Waals surface area contributed by atoms with Gasteiger partial charge in [-0.15, -0.1) is 0 Å². The molecule has 3 unspecified atom stereocenters. The number of hydrogen-bond donors (Lipinski definition) is 2. The van der Waals surface area contributed by atoms with Crippen molar-refractivity contribution >= 4 is 5.91 Å². The summed E-state index contributed by atoms with van der Waals surface area (Å²) >= 11 is 0. The first kappa shape index (κ1) is 15.4. The van der Waals surface area contributed by atoms with Crippen molar-refractivity contribution in [3.63, 3.8) is 0 Å². The Labute approximate surface area is 110 Å². The molecule has 5 heteroatoms. The fourth-order valence-electron chi connectivity index (χ4n) is 2.47. The van der Waals surface area contributed by atoms with Gasteiger partial charge in [-0.05, 0) is 40.7 Å². The summed E-state index contributed by atoms with van der Waals surface area (Å²) in [5, 5.41) is 3.04. The van der Waals surface area contributed by atoms with E-state index in [-0.39, 0.29) is 12.0 Å². The molecule has 1 amide bonds. The monoisotopic (exact) mass is 257 g/mol. The predicted octanol–water partition coefficient (Wildman–Crippen LogP) is 0.339. The number of primary amides is 1. The zero-order valence-corrected chi connectivity index (χ0v) is 12.0. The summed E-state index contributed by atoms with van der Waals surface area (Å²) in [5.41, 5.74) is 4.83. The largest absolute Gasteiger partial charge is 0.377 e. The minimum absolute atomic E-state index is 0.254. The van der Waals surface area contributed by atoms with E-state index in [4.69, 9.17) is 10.5 Å². The van der Waals surface area contributed by atoms with Crippen LogP contribution < -0.4 is 11.1 Å². The number of nitrogens with one attached hydrogen (secondary N) is 1. The molecule has 18 heavy (non-hydrogen) atoms. The second kappa shape index (κ2) is 6.50. The number of hydrogen-bond acceptors (Lipinski definition) is 4. The van der Waals surface area contributed by atoms with E-state index < -0.39 is 5.54 Å². The first-order valence-electron chi connectivity index (χ1n) is 6.73. The number of amides is 1. The lowest BCUT2D eigenvalue weighted by molar-refractivity contribution is -0.124. The van der Waals surface area contributed by atoms with E-state index >= 15 is 0 Å². The molecule has 3 atom stereocenters. The fourth-order valence-corrected chi connectivity index (χ4v) is 2.47. The molecule has 0 aromatic carbocycles. The molecule has 1 rings (SSSR count). The van der Waals surface area contributed by atoms with Crippen LogP contribution in [0.2, 0.25) is 0 Å². The molecule has 0 spiro atoms. The highest BCUT2D eigenvalue weighted by molar-refractivity contribution is 5.84. The minimum atomic E-state index is -0.643. The Kier molecular flexibility index (Phi) is 5.56. The number of nitrogens with two attached hydrogens (primary N) is 1. The number of ether oxygens (including phenoxy) is 1. The van der Waals surface area contributed by atoms with E-state index in [1.165, 1.54) is 0 Å². The van der Waals surface area contributed by atoms with Crippen LogP contribution in [-0.2, 0) is 9.53 Å². The van der Waals surface area contributed by atoms with E-state index in [1.54, 1.807) is 7.05 Å². The first-order valence-corrected chi connectivity index (χ1v) is 6.73. The maximum Gasteiger partial charge on any atom is 0.237 e. The number of nitrogens with zero attached hydrogens (tertiary/aromatic N) is 1. The van der Waals surface area contributed by atoms with Gasteiger partial charge in [-0.25, -0.2) is 0 Å². The minimum Gasteiger partial charge on any atom is -0.377 e. The number of likely N-dealkylation sites (N-methyl/N-ethyl adjacent to an activating group) is 1. The van der Waals surface area contributed by atoms with Crippen molar-refractivity contribution in [2.75, 3.05) is 26.7 Å². The Morgan fingerprint density at radius 3 is 2.89 bits per heavy atom. The van der Waals surface area contributed by atoms with Crippen LogP contribution in [0.15, 0.2) is 0 Å². The van der Waals surface area contributed by atoms with Crippen molar-refractivity contribution < 1.29 is 9.53 Å². The normalized spacial score (nSPS) is 27.2. The molecule has 0 aliphatic carbocycles. The van der Waals surface area contributed by atoms with Gasteiger partial charge in [-0.3, -0.25) is 9.69 Å². The van der Waals surface area contributed by atoms with E-state index in [1.807, 2.05) is 6.92 Å². The first-order chi connectivity index (χ1) is 8.39. The molecule has 5 nitrogen and oxygen atoms in total. The predicted molar refractivity (Wildman–Crippen MR) is 72.3 cm³/mol. The summed E-state index contributed by atoms with van der Waals surface area (Å²) in [6.45, 7) is 8.86. The van der Waals surface area contributed by atoms with Crippen LogP contribution in [0.5, 0.6) is 0 Å². The molecule has 1 heterocycles. The number of rotatable bonds is 5. The maximum absolute atomic E-state index is 11.5. The molecule has 3 N–H and O–H groups in total. The van der Waals surface area contributed by atoms with Crippen molar-refractivity contribution in [1.29, 1.82) is 0 Å². The van der Waals surface area contributed by atoms with Gasteiger partial charge in [0.1, 0.15) is 0 Å². The average molecular weight is 257 g/mol. The SMILES string of the molecule is CNC(C)(CC(C)N1CCCOC(C)C1)C(N)=O. The van der Waals surface area contributed by atoms with Crippen LogP contribution >= 0.6 is 0 Å². The lowest BCUT2D eigenvalue weighted by atomic mass is 9.92. The average Bonchev–Trinajstić information content (AvgIpc) is 2.53. The maximum atomic E-state index is 11.5. The molecule has 1 saturated heterocycles. The highest BCUT2D eigenvalue weighted by atomic mass is 16.5. The molecular weight excluding hydrogens is 230 g/mol. The Balaban J connectivity index is 2.62. The third-order valence-corrected chi connectivity index (χ3v) is 3.91. The summed E-state index contributed by atoms with van der Waals surface area (Å²) < 4.78 is 5.64. The standard InChI is InChI=1S/C13H27N3O2/c1-10(8-13(3,15-4)12(14)17)16-6-5-7-18-11(2)9-16/h10-11,15H,5-9H2,1-4H3,(H2,14,17). The third-order valence-electron chi connectivity index (χ3n) is 3.91. The Bertz CT molecular complexity index is 285. The summed E-state index contributed by atoms with van der Waals surface area (Å²) in [5.74, 6) is -0.295. The third kappa shape index (κ3) is 3.93. The van der Waals surface area contributed by atoms with Crippen LogP contribution in [-0.4, -0.2) is 55.2 Å². The Hall–Kier alpha value is -0.650. The van der Waals surface area contributed by atoms with Gasteiger partial charge in [0.2, 0.25) is 5.91 Å². The molecule has 106 valence electrons. The van der Waals surface area contributed by atoms with Crippen molar-refractivity contribution in [3.8, 4) is 0 Å². The van der Waals surface area contributed by atoms with E-state index in [2.05, 4.69) is 24.1 Å². The lowest BCUT2D eigenvalue weighted by Crippen LogP contribution is -2.55.